The number of halogens is 1. The normalized spacial score (nSPS) is 14.3. The highest BCUT2D eigenvalue weighted by atomic mass is 35.5. The molecule has 2 rings (SSSR count). The van der Waals surface area contributed by atoms with E-state index >= 15 is 0 Å². The molecule has 4 amide bonds. The predicted octanol–water partition coefficient (Wildman–Crippen LogP) is 8.99. The number of carbonyl (C=O) groups is 4. The Kier molecular flexibility index (Phi) is 25.4. The lowest BCUT2D eigenvalue weighted by Gasteiger charge is -2.35. The Bertz CT molecular complexity index is 1340. The van der Waals surface area contributed by atoms with Crippen LogP contribution in [0.2, 0.25) is 0 Å². The number of benzene rings is 1. The second kappa shape index (κ2) is 26.2. The summed E-state index contributed by atoms with van der Waals surface area (Å²) in [7, 11) is 0. The lowest BCUT2D eigenvalue weighted by Crippen LogP contribution is -2.61. The van der Waals surface area contributed by atoms with Gasteiger partial charge in [0.05, 0.1) is 18.8 Å². The number of nitrogens with one attached hydrogen (secondary N) is 3. The average molecular weight is 764 g/mol. The molecule has 53 heavy (non-hydrogen) atoms. The minimum absolute atomic E-state index is 0.0829. The maximum absolute atomic E-state index is 13.9. The molecule has 1 heterocycles. The Hall–Kier alpha value is -3.63. The molecular formula is C42H71ClN4O6. The Morgan fingerprint density at radius 1 is 0.981 bits per heavy atom. The number of alkyl carbamates (subject to hydrolysis) is 1. The number of nitrogens with zero attached hydrogens (tertiary/aromatic N) is 1. The smallest absolute Gasteiger partial charge is 0.408 e. The lowest BCUT2D eigenvalue weighted by atomic mass is 9.84. The van der Waals surface area contributed by atoms with Crippen molar-refractivity contribution in [2.75, 3.05) is 19.7 Å². The van der Waals surface area contributed by atoms with Crippen molar-refractivity contribution in [2.24, 2.45) is 0 Å². The van der Waals surface area contributed by atoms with E-state index in [2.05, 4.69) is 16.0 Å². The highest BCUT2D eigenvalue weighted by molar-refractivity contribution is 6.29. The van der Waals surface area contributed by atoms with Gasteiger partial charge >= 0.3 is 6.09 Å². The summed E-state index contributed by atoms with van der Waals surface area (Å²) in [5.41, 5.74) is -0.212. The van der Waals surface area contributed by atoms with Gasteiger partial charge in [0.2, 0.25) is 17.7 Å². The Morgan fingerprint density at radius 2 is 1.55 bits per heavy atom. The zero-order chi connectivity index (χ0) is 41.4. The number of hydrogen-bond acceptors (Lipinski definition) is 6. The predicted molar refractivity (Wildman–Crippen MR) is 220 cm³/mol. The maximum atomic E-state index is 13.9. The van der Waals surface area contributed by atoms with Crippen LogP contribution in [0.4, 0.5) is 4.79 Å². The van der Waals surface area contributed by atoms with Crippen LogP contribution >= 0.6 is 11.6 Å². The van der Waals surface area contributed by atoms with Crippen molar-refractivity contribution in [3.63, 3.8) is 0 Å². The van der Waals surface area contributed by atoms with Gasteiger partial charge in [-0.25, -0.2) is 4.79 Å². The van der Waals surface area contributed by atoms with E-state index in [9.17, 15) is 19.2 Å². The standard InChI is InChI=1S/C31H48N4O6.C7H11Cl.2C2H6/c1-10-31(11-2)23(21(4)25(36)33-31)18-35(12-3)26(37)24(20-40-19-22-16-14-13-15-17-22)32-27(38)30(8,9)34-28(39)41-29(5,6)7;1-3-5-6-7(8)4-2;2*1-2/h13-17,24H,10-12,18-20H2,1-9H3,(H,32,38)(H,33,36)(H,34,39);3,5-6H,4H2,1-2H3;2*1-2H3/b;5-3-,7-6+;;. The zero-order valence-electron chi connectivity index (χ0n) is 35.4. The van der Waals surface area contributed by atoms with Gasteiger partial charge in [0.1, 0.15) is 17.2 Å². The molecule has 0 spiro atoms. The number of carbonyl (C=O) groups excluding carboxylic acids is 4. The maximum Gasteiger partial charge on any atom is 0.408 e. The van der Waals surface area contributed by atoms with Crippen LogP contribution in [0.5, 0.6) is 0 Å². The summed E-state index contributed by atoms with van der Waals surface area (Å²) >= 11 is 5.65. The Labute approximate surface area is 326 Å². The van der Waals surface area contributed by atoms with Crippen molar-refractivity contribution in [2.45, 2.75) is 152 Å². The third-order valence-electron chi connectivity index (χ3n) is 8.16. The quantitative estimate of drug-likeness (QED) is 0.153. The molecule has 1 unspecified atom stereocenters. The number of ether oxygens (including phenoxy) is 2. The Morgan fingerprint density at radius 3 is 2.02 bits per heavy atom. The minimum atomic E-state index is -1.38. The number of allylic oxidation sites excluding steroid dienone is 4. The second-order valence-corrected chi connectivity index (χ2v) is 14.0. The molecule has 1 aliphatic rings. The van der Waals surface area contributed by atoms with E-state index in [1.165, 1.54) is 13.8 Å². The van der Waals surface area contributed by atoms with Gasteiger partial charge < -0.3 is 30.3 Å². The molecule has 3 N–H and O–H groups in total. The van der Waals surface area contributed by atoms with Crippen molar-refractivity contribution in [3.8, 4) is 0 Å². The molecule has 0 radical (unpaired) electrons. The summed E-state index contributed by atoms with van der Waals surface area (Å²) in [4.78, 5) is 54.0. The third-order valence-corrected chi connectivity index (χ3v) is 8.55. The van der Waals surface area contributed by atoms with Crippen LogP contribution in [0.25, 0.3) is 0 Å². The minimum Gasteiger partial charge on any atom is -0.444 e. The molecular weight excluding hydrogens is 692 g/mol. The summed E-state index contributed by atoms with van der Waals surface area (Å²) in [6.45, 7) is 28.7. The highest BCUT2D eigenvalue weighted by Crippen LogP contribution is 2.34. The highest BCUT2D eigenvalue weighted by Gasteiger charge is 2.42. The molecule has 1 aromatic rings. The summed E-state index contributed by atoms with van der Waals surface area (Å²) in [6.07, 6.45) is 7.36. The fourth-order valence-corrected chi connectivity index (χ4v) is 5.15. The van der Waals surface area contributed by atoms with E-state index in [4.69, 9.17) is 21.1 Å². The average Bonchev–Trinajstić information content (AvgIpc) is 3.37. The van der Waals surface area contributed by atoms with E-state index in [1.54, 1.807) is 32.6 Å². The first-order valence-corrected chi connectivity index (χ1v) is 19.5. The molecule has 0 aromatic heterocycles. The first-order valence-electron chi connectivity index (χ1n) is 19.1. The van der Waals surface area contributed by atoms with Crippen LogP contribution < -0.4 is 16.0 Å². The largest absolute Gasteiger partial charge is 0.444 e. The van der Waals surface area contributed by atoms with Gasteiger partial charge in [-0.3, -0.25) is 14.4 Å². The van der Waals surface area contributed by atoms with Gasteiger partial charge in [0, 0.05) is 23.7 Å². The van der Waals surface area contributed by atoms with Gasteiger partial charge in [-0.2, -0.15) is 0 Å². The van der Waals surface area contributed by atoms with Crippen LogP contribution in [0, 0.1) is 0 Å². The number of hydrogen-bond donors (Lipinski definition) is 3. The van der Waals surface area contributed by atoms with Gasteiger partial charge in [-0.05, 0) is 91.9 Å². The fraction of sp³-hybridized carbons (Fsp3) is 0.619. The molecule has 10 nitrogen and oxygen atoms in total. The first-order chi connectivity index (χ1) is 24.9. The number of likely N-dealkylation sites (N-methyl/N-ethyl adjacent to an activating group) is 1. The van der Waals surface area contributed by atoms with Crippen LogP contribution in [-0.4, -0.2) is 71.1 Å². The molecule has 0 saturated carbocycles. The molecule has 302 valence electrons. The lowest BCUT2D eigenvalue weighted by molar-refractivity contribution is -0.139. The van der Waals surface area contributed by atoms with Crippen molar-refractivity contribution in [1.29, 1.82) is 0 Å². The van der Waals surface area contributed by atoms with E-state index in [0.717, 1.165) is 22.6 Å². The molecule has 1 aromatic carbocycles. The summed E-state index contributed by atoms with van der Waals surface area (Å²) in [5.74, 6) is -1.04. The topological polar surface area (TPSA) is 126 Å². The van der Waals surface area contributed by atoms with Crippen LogP contribution in [-0.2, 0) is 30.5 Å². The molecule has 0 fully saturated rings. The molecule has 1 aliphatic heterocycles. The zero-order valence-corrected chi connectivity index (χ0v) is 36.2. The molecule has 0 saturated heterocycles. The van der Waals surface area contributed by atoms with E-state index in [1.807, 2.05) is 111 Å². The third kappa shape index (κ3) is 18.3. The number of rotatable bonds is 15. The van der Waals surface area contributed by atoms with Crippen LogP contribution in [0.3, 0.4) is 0 Å². The molecule has 11 heteroatoms. The van der Waals surface area contributed by atoms with Crippen molar-refractivity contribution in [3.05, 3.63) is 70.3 Å². The van der Waals surface area contributed by atoms with Crippen LogP contribution in [0.15, 0.2) is 64.7 Å². The van der Waals surface area contributed by atoms with E-state index in [0.29, 0.717) is 25.0 Å². The molecule has 0 aliphatic carbocycles. The van der Waals surface area contributed by atoms with Crippen LogP contribution in [0.1, 0.15) is 129 Å². The van der Waals surface area contributed by atoms with Crippen molar-refractivity contribution in [1.82, 2.24) is 20.9 Å². The SMILES string of the molecule is C/C=C\C=C(\Cl)CC.CC.CC.CCN(CC1=C(C)C(=O)NC1(CC)CC)C(=O)C(COCc1ccccc1)NC(=O)C(C)(C)NC(=O)OC(C)(C)C. The Balaban J connectivity index is 0. The summed E-state index contributed by atoms with van der Waals surface area (Å²) < 4.78 is 11.2. The fourth-order valence-electron chi connectivity index (χ4n) is 5.08. The summed E-state index contributed by atoms with van der Waals surface area (Å²) in [6, 6.07) is 8.49. The summed E-state index contributed by atoms with van der Waals surface area (Å²) in [5, 5.41) is 9.39. The second-order valence-electron chi connectivity index (χ2n) is 13.5. The van der Waals surface area contributed by atoms with E-state index < -0.39 is 34.7 Å². The van der Waals surface area contributed by atoms with Gasteiger partial charge in [-0.1, -0.05) is 103 Å². The van der Waals surface area contributed by atoms with Crippen molar-refractivity contribution < 1.29 is 28.7 Å². The van der Waals surface area contributed by atoms with E-state index in [-0.39, 0.29) is 31.6 Å². The van der Waals surface area contributed by atoms with Crippen molar-refractivity contribution >= 4 is 35.4 Å². The molecule has 0 bridgehead atoms. The van der Waals surface area contributed by atoms with Gasteiger partial charge in [-0.15, -0.1) is 0 Å². The first kappa shape index (κ1) is 51.5. The monoisotopic (exact) mass is 763 g/mol. The molecule has 1 atom stereocenters. The number of amides is 4. The van der Waals surface area contributed by atoms with Gasteiger partial charge in [0.25, 0.3) is 0 Å². The van der Waals surface area contributed by atoms with Gasteiger partial charge in [0.15, 0.2) is 0 Å².